The Labute approximate surface area is 83.3 Å². The zero-order chi connectivity index (χ0) is 10.3. The summed E-state index contributed by atoms with van der Waals surface area (Å²) in [5.74, 6) is 0.764. The number of rotatable bonds is 1. The molecule has 0 aromatic rings. The van der Waals surface area contributed by atoms with Crippen LogP contribution in [0.5, 0.6) is 0 Å². The van der Waals surface area contributed by atoms with Crippen LogP contribution in [-0.2, 0) is 9.53 Å². The monoisotopic (exact) mass is 194 g/mol. The molecule has 0 N–H and O–H groups in total. The molecule has 2 rings (SSSR count). The first-order chi connectivity index (χ1) is 6.59. The maximum Gasteiger partial charge on any atom is 0.219 e. The molecule has 1 amide bonds. The van der Waals surface area contributed by atoms with E-state index < -0.39 is 0 Å². The number of carbonyl (C=O) groups excluding carboxylic acids is 1. The molecule has 2 aliphatic rings. The third-order valence-corrected chi connectivity index (χ3v) is 2.76. The average molecular weight is 194 g/mol. The summed E-state index contributed by atoms with van der Waals surface area (Å²) in [6.07, 6.45) is 3.99. The normalized spacial score (nSPS) is 33.6. The van der Waals surface area contributed by atoms with E-state index in [-0.39, 0.29) is 24.1 Å². The largest absolute Gasteiger partial charge is 0.473 e. The highest BCUT2D eigenvalue weighted by atomic mass is 16.5. The molecule has 0 saturated carbocycles. The fourth-order valence-electron chi connectivity index (χ4n) is 1.90. The fourth-order valence-corrected chi connectivity index (χ4v) is 1.90. The first kappa shape index (κ1) is 9.24. The zero-order valence-electron chi connectivity index (χ0n) is 8.60. The molecular weight excluding hydrogens is 180 g/mol. The van der Waals surface area contributed by atoms with Gasteiger partial charge in [-0.25, -0.2) is 4.99 Å². The third-order valence-electron chi connectivity index (χ3n) is 2.76. The predicted molar refractivity (Wildman–Crippen MR) is 53.1 cm³/mol. The van der Waals surface area contributed by atoms with E-state index in [1.807, 2.05) is 19.1 Å². The van der Waals surface area contributed by atoms with Crippen molar-refractivity contribution >= 4 is 11.8 Å². The topological polar surface area (TPSA) is 41.9 Å². The lowest BCUT2D eigenvalue weighted by Gasteiger charge is -2.27. The highest BCUT2D eigenvalue weighted by Crippen LogP contribution is 2.27. The SMILES string of the molecule is CC(=O)N(C)[C@@H]1C=C[C@H]2N=C(C)O[C@@H]12. The lowest BCUT2D eigenvalue weighted by atomic mass is 10.1. The van der Waals surface area contributed by atoms with Crippen LogP contribution in [0.1, 0.15) is 13.8 Å². The van der Waals surface area contributed by atoms with Crippen molar-refractivity contribution in [2.45, 2.75) is 32.0 Å². The molecule has 0 unspecified atom stereocenters. The van der Waals surface area contributed by atoms with Gasteiger partial charge in [0.1, 0.15) is 12.1 Å². The summed E-state index contributed by atoms with van der Waals surface area (Å²) in [5, 5.41) is 0. The summed E-state index contributed by atoms with van der Waals surface area (Å²) in [5.41, 5.74) is 0. The molecule has 4 nitrogen and oxygen atoms in total. The molecule has 0 aromatic carbocycles. The van der Waals surface area contributed by atoms with E-state index in [9.17, 15) is 4.79 Å². The van der Waals surface area contributed by atoms with Gasteiger partial charge in [-0.15, -0.1) is 0 Å². The Morgan fingerprint density at radius 1 is 1.57 bits per heavy atom. The Bertz CT molecular complexity index is 322. The number of carbonyl (C=O) groups is 1. The number of ether oxygens (including phenoxy) is 1. The van der Waals surface area contributed by atoms with Gasteiger partial charge in [-0.3, -0.25) is 4.79 Å². The van der Waals surface area contributed by atoms with Crippen molar-refractivity contribution in [3.63, 3.8) is 0 Å². The number of hydrogen-bond donors (Lipinski definition) is 0. The van der Waals surface area contributed by atoms with E-state index in [0.717, 1.165) is 0 Å². The van der Waals surface area contributed by atoms with Crippen LogP contribution in [0.2, 0.25) is 0 Å². The van der Waals surface area contributed by atoms with Crippen LogP contribution in [0.25, 0.3) is 0 Å². The number of nitrogens with zero attached hydrogens (tertiary/aromatic N) is 2. The van der Waals surface area contributed by atoms with Crippen molar-refractivity contribution < 1.29 is 9.53 Å². The average Bonchev–Trinajstić information content (AvgIpc) is 2.61. The van der Waals surface area contributed by atoms with Gasteiger partial charge in [0.15, 0.2) is 5.90 Å². The first-order valence-electron chi connectivity index (χ1n) is 4.72. The van der Waals surface area contributed by atoms with Crippen molar-refractivity contribution in [2.24, 2.45) is 4.99 Å². The Hall–Kier alpha value is -1.32. The standard InChI is InChI=1S/C10H14N2O2/c1-6-11-8-4-5-9(10(8)14-6)12(3)7(2)13/h4-5,8-10H,1-3H3/t8-,9-,10-/m1/s1. The molecule has 4 heteroatoms. The molecule has 3 atom stereocenters. The molecule has 14 heavy (non-hydrogen) atoms. The van der Waals surface area contributed by atoms with E-state index in [1.165, 1.54) is 0 Å². The molecule has 1 heterocycles. The highest BCUT2D eigenvalue weighted by molar-refractivity contribution is 5.77. The summed E-state index contributed by atoms with van der Waals surface area (Å²) in [7, 11) is 1.79. The molecule has 0 spiro atoms. The Kier molecular flexibility index (Phi) is 2.06. The Morgan fingerprint density at radius 3 is 2.93 bits per heavy atom. The summed E-state index contributed by atoms with van der Waals surface area (Å²) >= 11 is 0. The minimum Gasteiger partial charge on any atom is -0.473 e. The van der Waals surface area contributed by atoms with Crippen molar-refractivity contribution in [3.8, 4) is 0 Å². The van der Waals surface area contributed by atoms with Crippen LogP contribution in [0.4, 0.5) is 0 Å². The lowest BCUT2D eigenvalue weighted by Crippen LogP contribution is -2.43. The maximum atomic E-state index is 11.2. The smallest absolute Gasteiger partial charge is 0.219 e. The number of fused-ring (bicyclic) bond motifs is 1. The molecule has 0 aromatic heterocycles. The van der Waals surface area contributed by atoms with E-state index >= 15 is 0 Å². The van der Waals surface area contributed by atoms with Gasteiger partial charge >= 0.3 is 0 Å². The quantitative estimate of drug-likeness (QED) is 0.573. The van der Waals surface area contributed by atoms with E-state index in [4.69, 9.17) is 4.74 Å². The second-order valence-corrected chi connectivity index (χ2v) is 3.73. The van der Waals surface area contributed by atoms with Gasteiger partial charge in [-0.05, 0) is 0 Å². The van der Waals surface area contributed by atoms with Crippen LogP contribution in [-0.4, -0.2) is 41.9 Å². The molecule has 1 aliphatic heterocycles. The summed E-state index contributed by atoms with van der Waals surface area (Å²) in [6.45, 7) is 3.40. The minimum absolute atomic E-state index is 0.0103. The molecule has 0 bridgehead atoms. The molecule has 1 aliphatic carbocycles. The number of hydrogen-bond acceptors (Lipinski definition) is 3. The van der Waals surface area contributed by atoms with Crippen LogP contribution >= 0.6 is 0 Å². The summed E-state index contributed by atoms with van der Waals surface area (Å²) < 4.78 is 5.56. The van der Waals surface area contributed by atoms with Gasteiger partial charge in [0.25, 0.3) is 0 Å². The zero-order valence-corrected chi connectivity index (χ0v) is 8.60. The fraction of sp³-hybridized carbons (Fsp3) is 0.600. The van der Waals surface area contributed by atoms with Crippen molar-refractivity contribution in [2.75, 3.05) is 7.05 Å². The first-order valence-corrected chi connectivity index (χ1v) is 4.72. The number of amides is 1. The van der Waals surface area contributed by atoms with Gasteiger partial charge in [0, 0.05) is 20.9 Å². The highest BCUT2D eigenvalue weighted by Gasteiger charge is 2.40. The Morgan fingerprint density at radius 2 is 2.29 bits per heavy atom. The minimum atomic E-state index is -0.0103. The lowest BCUT2D eigenvalue weighted by molar-refractivity contribution is -0.130. The molecule has 76 valence electrons. The van der Waals surface area contributed by atoms with Crippen LogP contribution in [0, 0.1) is 0 Å². The second-order valence-electron chi connectivity index (χ2n) is 3.73. The van der Waals surface area contributed by atoms with Crippen molar-refractivity contribution in [3.05, 3.63) is 12.2 Å². The van der Waals surface area contributed by atoms with E-state index in [2.05, 4.69) is 4.99 Å². The summed E-state index contributed by atoms with van der Waals surface area (Å²) in [4.78, 5) is 17.2. The van der Waals surface area contributed by atoms with Gasteiger partial charge in [-0.2, -0.15) is 0 Å². The molecular formula is C10H14N2O2. The maximum absolute atomic E-state index is 11.2. The molecule has 0 saturated heterocycles. The van der Waals surface area contributed by atoms with Crippen LogP contribution < -0.4 is 0 Å². The van der Waals surface area contributed by atoms with Gasteiger partial charge < -0.3 is 9.64 Å². The second kappa shape index (κ2) is 3.12. The number of aliphatic imine (C=N–C) groups is 1. The summed E-state index contributed by atoms with van der Waals surface area (Å²) in [6, 6.07) is 0.125. The third kappa shape index (κ3) is 1.31. The van der Waals surface area contributed by atoms with Gasteiger partial charge in [-0.1, -0.05) is 12.2 Å². The van der Waals surface area contributed by atoms with Gasteiger partial charge in [0.2, 0.25) is 5.91 Å². The van der Waals surface area contributed by atoms with Crippen molar-refractivity contribution in [1.82, 2.24) is 4.90 Å². The molecule has 0 radical (unpaired) electrons. The van der Waals surface area contributed by atoms with E-state index in [0.29, 0.717) is 5.90 Å². The number of likely N-dealkylation sites (N-methyl/N-ethyl adjacent to an activating group) is 1. The van der Waals surface area contributed by atoms with E-state index in [1.54, 1.807) is 18.9 Å². The van der Waals surface area contributed by atoms with Crippen LogP contribution in [0.15, 0.2) is 17.1 Å². The van der Waals surface area contributed by atoms with Crippen molar-refractivity contribution in [1.29, 1.82) is 0 Å². The molecule has 0 fully saturated rings. The van der Waals surface area contributed by atoms with Crippen LogP contribution in [0.3, 0.4) is 0 Å². The Balaban J connectivity index is 2.12. The van der Waals surface area contributed by atoms with Gasteiger partial charge in [0.05, 0.1) is 6.04 Å². The predicted octanol–water partition coefficient (Wildman–Crippen LogP) is 0.589.